The highest BCUT2D eigenvalue weighted by Gasteiger charge is 2.71. The Bertz CT molecular complexity index is 1460. The first kappa shape index (κ1) is 20.9. The van der Waals surface area contributed by atoms with Crippen LogP contribution in [0.15, 0.2) is 72.9 Å². The minimum absolute atomic E-state index is 0.232. The van der Waals surface area contributed by atoms with Crippen LogP contribution in [-0.2, 0) is 11.3 Å². The zero-order valence-electron chi connectivity index (χ0n) is 18.7. The number of ether oxygens (including phenoxy) is 1. The first-order valence-electron chi connectivity index (χ1n) is 11.2. The van der Waals surface area contributed by atoms with Crippen molar-refractivity contribution in [1.82, 2.24) is 15.5 Å². The normalized spacial score (nSPS) is 23.5. The summed E-state index contributed by atoms with van der Waals surface area (Å²) in [7, 11) is 0. The van der Waals surface area contributed by atoms with Crippen molar-refractivity contribution in [2.45, 2.75) is 37.3 Å². The van der Waals surface area contributed by atoms with E-state index in [1.807, 2.05) is 30.3 Å². The summed E-state index contributed by atoms with van der Waals surface area (Å²) in [6.45, 7) is 4.12. The summed E-state index contributed by atoms with van der Waals surface area (Å²) in [5, 5.41) is 35.3. The summed E-state index contributed by atoms with van der Waals surface area (Å²) < 4.78 is 6.17. The number of nitrogens with zero attached hydrogens (tertiary/aromatic N) is 2. The molecule has 0 amide bonds. The number of carbonyl (C=O) groups is 1. The van der Waals surface area contributed by atoms with Crippen LogP contribution in [0.25, 0.3) is 10.9 Å². The maximum Gasteiger partial charge on any atom is 0.266 e. The van der Waals surface area contributed by atoms with Gasteiger partial charge >= 0.3 is 0 Å². The average molecular weight is 453 g/mol. The van der Waals surface area contributed by atoms with Crippen molar-refractivity contribution < 1.29 is 19.7 Å². The van der Waals surface area contributed by atoms with Gasteiger partial charge in [-0.25, -0.2) is 0 Å². The quantitative estimate of drug-likeness (QED) is 0.405. The smallest absolute Gasteiger partial charge is 0.266 e. The number of rotatable bonds is 4. The minimum Gasteiger partial charge on any atom is -0.455 e. The molecule has 7 nitrogen and oxygen atoms in total. The fourth-order valence-corrected chi connectivity index (χ4v) is 5.19. The number of aromatic nitrogens is 2. The van der Waals surface area contributed by atoms with Gasteiger partial charge in [0.25, 0.3) is 5.79 Å². The Labute approximate surface area is 196 Å². The van der Waals surface area contributed by atoms with Gasteiger partial charge in [0.05, 0.1) is 11.7 Å². The largest absolute Gasteiger partial charge is 0.455 e. The SMILES string of the molecule is CC(C)c1ccc2c(c1)OC1(O)c3ccccc3C(=O)C21NC(O)c1cnnc2ccccc12. The van der Waals surface area contributed by atoms with Crippen LogP contribution in [0.5, 0.6) is 5.75 Å². The van der Waals surface area contributed by atoms with Crippen LogP contribution in [0.2, 0.25) is 0 Å². The Morgan fingerprint density at radius 3 is 2.59 bits per heavy atom. The molecule has 6 rings (SSSR count). The van der Waals surface area contributed by atoms with Crippen molar-refractivity contribution in [3.8, 4) is 5.75 Å². The van der Waals surface area contributed by atoms with Crippen molar-refractivity contribution >= 4 is 16.7 Å². The van der Waals surface area contributed by atoms with Gasteiger partial charge in [0, 0.05) is 27.6 Å². The standard InChI is InChI=1S/C27H23N3O4/c1-15(2)16-11-12-21-23(13-16)34-27(33)20-9-5-3-8-18(20)24(31)26(21,27)29-25(32)19-14-28-30-22-10-6-4-7-17(19)22/h3-15,25,29,32-33H,1-2H3. The molecule has 34 heavy (non-hydrogen) atoms. The van der Waals surface area contributed by atoms with E-state index < -0.39 is 17.6 Å². The molecule has 2 heterocycles. The Kier molecular flexibility index (Phi) is 4.41. The summed E-state index contributed by atoms with van der Waals surface area (Å²) in [4.78, 5) is 14.0. The molecule has 0 radical (unpaired) electrons. The minimum atomic E-state index is -2.03. The number of carbonyl (C=O) groups excluding carboxylic acids is 1. The molecule has 3 atom stereocenters. The van der Waals surface area contributed by atoms with Crippen LogP contribution in [-0.4, -0.2) is 26.2 Å². The van der Waals surface area contributed by atoms with E-state index in [0.29, 0.717) is 38.9 Å². The maximum atomic E-state index is 14.0. The molecule has 0 spiro atoms. The van der Waals surface area contributed by atoms with Crippen molar-refractivity contribution in [3.63, 3.8) is 0 Å². The van der Waals surface area contributed by atoms with Crippen LogP contribution in [0.1, 0.15) is 58.6 Å². The van der Waals surface area contributed by atoms with Crippen molar-refractivity contribution in [3.05, 3.63) is 101 Å². The molecule has 0 saturated carbocycles. The van der Waals surface area contributed by atoms with E-state index in [1.54, 1.807) is 36.4 Å². The molecule has 0 fully saturated rings. The van der Waals surface area contributed by atoms with Crippen LogP contribution in [0, 0.1) is 0 Å². The third-order valence-corrected chi connectivity index (χ3v) is 6.94. The summed E-state index contributed by atoms with van der Waals surface area (Å²) in [6.07, 6.45) is 0.116. The molecule has 1 aromatic heterocycles. The summed E-state index contributed by atoms with van der Waals surface area (Å²) in [6, 6.07) is 19.7. The Balaban J connectivity index is 1.55. The van der Waals surface area contributed by atoms with Gasteiger partial charge < -0.3 is 14.9 Å². The van der Waals surface area contributed by atoms with Crippen molar-refractivity contribution in [2.24, 2.45) is 0 Å². The molecule has 1 aliphatic heterocycles. The predicted molar refractivity (Wildman–Crippen MR) is 125 cm³/mol. The third kappa shape index (κ3) is 2.60. The second-order valence-electron chi connectivity index (χ2n) is 9.15. The summed E-state index contributed by atoms with van der Waals surface area (Å²) in [5.74, 6) is -1.76. The van der Waals surface area contributed by atoms with Crippen molar-refractivity contribution in [1.29, 1.82) is 0 Å². The Morgan fingerprint density at radius 1 is 1.00 bits per heavy atom. The Hall–Kier alpha value is -3.65. The molecule has 7 heteroatoms. The van der Waals surface area contributed by atoms with E-state index >= 15 is 0 Å². The topological polar surface area (TPSA) is 105 Å². The van der Waals surface area contributed by atoms with Gasteiger partial charge in [-0.15, -0.1) is 0 Å². The second kappa shape index (κ2) is 7.17. The van der Waals surface area contributed by atoms with Crippen LogP contribution >= 0.6 is 0 Å². The fourth-order valence-electron chi connectivity index (χ4n) is 5.19. The van der Waals surface area contributed by atoms with Crippen LogP contribution in [0.4, 0.5) is 0 Å². The van der Waals surface area contributed by atoms with Crippen molar-refractivity contribution in [2.75, 3.05) is 0 Å². The van der Waals surface area contributed by atoms with Crippen LogP contribution in [0.3, 0.4) is 0 Å². The van der Waals surface area contributed by atoms with Gasteiger partial charge in [-0.05, 0) is 23.6 Å². The van der Waals surface area contributed by atoms with E-state index in [4.69, 9.17) is 4.74 Å². The number of fused-ring (bicyclic) bond motifs is 6. The first-order valence-corrected chi connectivity index (χ1v) is 11.2. The highest BCUT2D eigenvalue weighted by atomic mass is 16.6. The molecule has 3 aromatic carbocycles. The summed E-state index contributed by atoms with van der Waals surface area (Å²) >= 11 is 0. The highest BCUT2D eigenvalue weighted by Crippen LogP contribution is 2.59. The number of hydrogen-bond acceptors (Lipinski definition) is 7. The Morgan fingerprint density at radius 2 is 1.76 bits per heavy atom. The van der Waals surface area contributed by atoms with Gasteiger partial charge in [-0.1, -0.05) is 68.4 Å². The lowest BCUT2D eigenvalue weighted by atomic mass is 9.82. The number of nitrogens with one attached hydrogen (secondary N) is 1. The van der Waals surface area contributed by atoms with Gasteiger partial charge in [0.15, 0.2) is 11.3 Å². The molecule has 1 aliphatic carbocycles. The van der Waals surface area contributed by atoms with E-state index in [1.165, 1.54) is 6.20 Å². The molecule has 2 aliphatic rings. The van der Waals surface area contributed by atoms with Gasteiger partial charge in [-0.3, -0.25) is 10.1 Å². The lowest BCUT2D eigenvalue weighted by Gasteiger charge is -2.36. The van der Waals surface area contributed by atoms with E-state index in [9.17, 15) is 15.0 Å². The number of hydrogen-bond donors (Lipinski definition) is 3. The monoisotopic (exact) mass is 453 g/mol. The van der Waals surface area contributed by atoms with E-state index in [-0.39, 0.29) is 11.7 Å². The third-order valence-electron chi connectivity index (χ3n) is 6.94. The van der Waals surface area contributed by atoms with Crippen LogP contribution < -0.4 is 10.1 Å². The first-order chi connectivity index (χ1) is 16.4. The molecule has 0 saturated heterocycles. The maximum absolute atomic E-state index is 14.0. The zero-order valence-corrected chi connectivity index (χ0v) is 18.7. The zero-order chi connectivity index (χ0) is 23.7. The second-order valence-corrected chi connectivity index (χ2v) is 9.15. The number of Topliss-reactive ketones (excluding diaryl/α,β-unsaturated/α-hetero) is 1. The van der Waals surface area contributed by atoms with E-state index in [2.05, 4.69) is 29.4 Å². The molecule has 0 bridgehead atoms. The van der Waals surface area contributed by atoms with Gasteiger partial charge in [0.1, 0.15) is 12.0 Å². The molecule has 3 unspecified atom stereocenters. The molecule has 4 aromatic rings. The van der Waals surface area contributed by atoms with Gasteiger partial charge in [-0.2, -0.15) is 10.2 Å². The predicted octanol–water partition coefficient (Wildman–Crippen LogP) is 3.66. The lowest BCUT2D eigenvalue weighted by molar-refractivity contribution is -0.179. The fraction of sp³-hybridized carbons (Fsp3) is 0.222. The number of aliphatic hydroxyl groups is 2. The molecular formula is C27H23N3O4. The van der Waals surface area contributed by atoms with E-state index in [0.717, 1.165) is 5.56 Å². The molecule has 3 N–H and O–H groups in total. The lowest BCUT2D eigenvalue weighted by Crippen LogP contribution is -2.59. The number of benzene rings is 3. The summed E-state index contributed by atoms with van der Waals surface area (Å²) in [5.41, 5.74) is 1.51. The average Bonchev–Trinajstić information content (AvgIpc) is 3.20. The molecule has 170 valence electrons. The molecular weight excluding hydrogens is 430 g/mol. The van der Waals surface area contributed by atoms with Gasteiger partial charge in [0.2, 0.25) is 0 Å². The number of aliphatic hydroxyl groups excluding tert-OH is 1. The number of ketones is 1. The highest BCUT2D eigenvalue weighted by molar-refractivity contribution is 6.10.